The zero-order valence-corrected chi connectivity index (χ0v) is 40.9. The summed E-state index contributed by atoms with van der Waals surface area (Å²) in [7, 11) is 2.76. The van der Waals surface area contributed by atoms with E-state index in [9.17, 15) is 24.3 Å². The van der Waals surface area contributed by atoms with E-state index in [4.69, 9.17) is 24.2 Å². The maximum Gasteiger partial charge on any atom is 0.407 e. The maximum atomic E-state index is 14.0. The molecule has 69 heavy (non-hydrogen) atoms. The van der Waals surface area contributed by atoms with Gasteiger partial charge in [-0.3, -0.25) is 14.5 Å². The van der Waals surface area contributed by atoms with E-state index in [2.05, 4.69) is 87.8 Å². The molecule has 4 aliphatic rings. The number of ether oxygens (including phenoxy) is 3. The smallest absolute Gasteiger partial charge is 0.407 e. The number of rotatable bonds is 15. The Hall–Kier alpha value is -6.36. The molecule has 6 heterocycles. The van der Waals surface area contributed by atoms with Crippen molar-refractivity contribution in [2.45, 2.75) is 116 Å². The summed E-state index contributed by atoms with van der Waals surface area (Å²) in [5.41, 5.74) is 6.77. The summed E-state index contributed by atoms with van der Waals surface area (Å²) >= 11 is 0. The van der Waals surface area contributed by atoms with Crippen LogP contribution in [-0.2, 0) is 19.1 Å². The lowest BCUT2D eigenvalue weighted by atomic mass is 9.84. The van der Waals surface area contributed by atoms with Crippen molar-refractivity contribution in [3.63, 3.8) is 0 Å². The number of imidazole rings is 2. The average Bonchev–Trinajstić information content (AvgIpc) is 4.19. The molecule has 3 aromatic carbocycles. The molecule has 0 saturated carbocycles. The molecule has 4 fully saturated rings. The Labute approximate surface area is 403 Å². The van der Waals surface area contributed by atoms with Gasteiger partial charge in [-0.05, 0) is 116 Å². The van der Waals surface area contributed by atoms with Crippen LogP contribution in [-0.4, -0.2) is 123 Å². The zero-order valence-electron chi connectivity index (χ0n) is 40.9. The van der Waals surface area contributed by atoms with E-state index in [1.807, 2.05) is 32.6 Å². The first-order valence-corrected chi connectivity index (χ1v) is 24.7. The van der Waals surface area contributed by atoms with Gasteiger partial charge in [0.25, 0.3) is 0 Å². The first-order valence-electron chi connectivity index (χ1n) is 24.7. The highest BCUT2D eigenvalue weighted by atomic mass is 16.5. The maximum absolute atomic E-state index is 14.0. The number of aromatic amines is 2. The number of hydrogen-bond donors (Lipinski definition) is 4. The van der Waals surface area contributed by atoms with Crippen molar-refractivity contribution < 1.29 is 38.5 Å². The Kier molecular flexibility index (Phi) is 13.5. The van der Waals surface area contributed by atoms with Gasteiger partial charge in [0.1, 0.15) is 29.5 Å². The molecule has 0 aliphatic carbocycles. The molecule has 0 spiro atoms. The number of fused-ring (bicyclic) bond motifs is 2. The second-order valence-electron chi connectivity index (χ2n) is 20.3. The molecule has 4 amide bonds. The molecule has 0 bridgehead atoms. The third-order valence-electron chi connectivity index (χ3n) is 15.1. The van der Waals surface area contributed by atoms with Crippen molar-refractivity contribution in [1.29, 1.82) is 0 Å². The van der Waals surface area contributed by atoms with E-state index in [0.717, 1.165) is 100 Å². The Morgan fingerprint density at radius 2 is 1.35 bits per heavy atom. The van der Waals surface area contributed by atoms with Crippen molar-refractivity contribution in [3.8, 4) is 5.75 Å². The number of nitrogens with zero attached hydrogens (tertiary/aromatic N) is 6. The summed E-state index contributed by atoms with van der Waals surface area (Å²) < 4.78 is 16.7. The number of aromatic nitrogens is 4. The molecule has 368 valence electrons. The fraction of sp³-hybridized carbons (Fsp3) is 0.538. The van der Waals surface area contributed by atoms with Gasteiger partial charge in [-0.1, -0.05) is 46.8 Å². The van der Waals surface area contributed by atoms with Crippen molar-refractivity contribution in [2.24, 2.45) is 17.3 Å². The lowest BCUT2D eigenvalue weighted by molar-refractivity contribution is -0.138. The van der Waals surface area contributed by atoms with Gasteiger partial charge in [-0.15, -0.1) is 0 Å². The quantitative estimate of drug-likeness (QED) is 0.0783. The number of amides is 4. The summed E-state index contributed by atoms with van der Waals surface area (Å²) in [4.78, 5) is 76.7. The van der Waals surface area contributed by atoms with Gasteiger partial charge in [-0.2, -0.15) is 0 Å². The molecule has 17 heteroatoms. The van der Waals surface area contributed by atoms with Gasteiger partial charge in [0, 0.05) is 25.8 Å². The molecule has 4 aliphatic heterocycles. The lowest BCUT2D eigenvalue weighted by Gasteiger charge is -2.40. The van der Waals surface area contributed by atoms with Crippen LogP contribution < -0.4 is 15.0 Å². The number of anilines is 1. The monoisotopic (exact) mass is 946 g/mol. The van der Waals surface area contributed by atoms with Gasteiger partial charge < -0.3 is 49.3 Å². The van der Waals surface area contributed by atoms with Crippen LogP contribution in [0.3, 0.4) is 0 Å². The first kappa shape index (κ1) is 47.7. The summed E-state index contributed by atoms with van der Waals surface area (Å²) in [5, 5.41) is 12.5. The SMILES string of the molecule is CCC1(COc2ccc(N3[C@@H](c4ccc5[nH]c([C@@H]6CCCN6C(=O)[C@@H](NC(=O)OC)C(C)C)nc5c4)CC[C@@H]3c3ccc4[nH]c([C@@H]5CCCN5C(=O)[C@H](C(C)C)N(C)C(=O)O)nc4c3)cc2)COC1. The minimum Gasteiger partial charge on any atom is -0.493 e. The Balaban J connectivity index is 1.01. The van der Waals surface area contributed by atoms with Gasteiger partial charge >= 0.3 is 12.2 Å². The molecule has 9 rings (SSSR count). The molecule has 5 aromatic rings. The third-order valence-corrected chi connectivity index (χ3v) is 15.1. The highest BCUT2D eigenvalue weighted by Gasteiger charge is 2.42. The minimum absolute atomic E-state index is 0.000667. The number of carbonyl (C=O) groups excluding carboxylic acids is 3. The number of alkyl carbamates (subject to hydrolysis) is 1. The van der Waals surface area contributed by atoms with Crippen LogP contribution in [0.5, 0.6) is 5.75 Å². The predicted octanol–water partition coefficient (Wildman–Crippen LogP) is 8.67. The number of hydrogen-bond acceptors (Lipinski definition) is 10. The second-order valence-corrected chi connectivity index (χ2v) is 20.3. The summed E-state index contributed by atoms with van der Waals surface area (Å²) in [6.07, 6.45) is 4.11. The topological polar surface area (TPSA) is 199 Å². The normalized spacial score (nSPS) is 22.1. The first-order chi connectivity index (χ1) is 33.2. The van der Waals surface area contributed by atoms with Crippen molar-refractivity contribution >= 4 is 51.8 Å². The van der Waals surface area contributed by atoms with E-state index < -0.39 is 24.3 Å². The minimum atomic E-state index is -1.13. The summed E-state index contributed by atoms with van der Waals surface area (Å²) in [6.45, 7) is 12.9. The second kappa shape index (κ2) is 19.6. The van der Waals surface area contributed by atoms with E-state index in [1.165, 1.54) is 14.2 Å². The fourth-order valence-corrected chi connectivity index (χ4v) is 11.1. The molecule has 0 unspecified atom stereocenters. The van der Waals surface area contributed by atoms with E-state index in [1.54, 1.807) is 4.90 Å². The third kappa shape index (κ3) is 9.29. The fourth-order valence-electron chi connectivity index (χ4n) is 11.1. The van der Waals surface area contributed by atoms with Gasteiger partial charge in [-0.25, -0.2) is 19.6 Å². The molecule has 6 atom stereocenters. The van der Waals surface area contributed by atoms with Crippen LogP contribution >= 0.6 is 0 Å². The number of methoxy groups -OCH3 is 1. The Morgan fingerprint density at radius 1 is 0.797 bits per heavy atom. The van der Waals surface area contributed by atoms with E-state index in [-0.39, 0.29) is 53.2 Å². The Bertz CT molecular complexity index is 2670. The van der Waals surface area contributed by atoms with Crippen LogP contribution in [0.4, 0.5) is 15.3 Å². The van der Waals surface area contributed by atoms with Crippen molar-refractivity contribution in [2.75, 3.05) is 52.0 Å². The van der Waals surface area contributed by atoms with Gasteiger partial charge in [0.15, 0.2) is 0 Å². The van der Waals surface area contributed by atoms with Crippen LogP contribution in [0.15, 0.2) is 60.7 Å². The number of H-pyrrole nitrogens is 2. The largest absolute Gasteiger partial charge is 0.493 e. The Morgan fingerprint density at radius 3 is 1.81 bits per heavy atom. The molecule has 17 nitrogen and oxygen atoms in total. The van der Waals surface area contributed by atoms with Crippen molar-refractivity contribution in [3.05, 3.63) is 83.4 Å². The van der Waals surface area contributed by atoms with Crippen LogP contribution in [0, 0.1) is 17.3 Å². The molecule has 2 aromatic heterocycles. The number of carbonyl (C=O) groups is 4. The number of carboxylic acid groups (broad SMARTS) is 1. The molecular formula is C52H67N9O8. The number of likely N-dealkylation sites (tertiary alicyclic amines) is 2. The van der Waals surface area contributed by atoms with Crippen molar-refractivity contribution in [1.82, 2.24) is 40.0 Å². The van der Waals surface area contributed by atoms with Crippen LogP contribution in [0.25, 0.3) is 22.1 Å². The van der Waals surface area contributed by atoms with Gasteiger partial charge in [0.2, 0.25) is 11.8 Å². The highest BCUT2D eigenvalue weighted by Crippen LogP contribution is 2.48. The number of nitrogens with one attached hydrogen (secondary N) is 3. The molecular weight excluding hydrogens is 879 g/mol. The highest BCUT2D eigenvalue weighted by molar-refractivity contribution is 5.87. The molecule has 4 saturated heterocycles. The number of likely N-dealkylation sites (N-methyl/N-ethyl adjacent to an activating group) is 1. The molecule has 0 radical (unpaired) electrons. The van der Waals surface area contributed by atoms with Gasteiger partial charge in [0.05, 0.1) is 78.6 Å². The van der Waals surface area contributed by atoms with E-state index >= 15 is 0 Å². The molecule has 4 N–H and O–H groups in total. The lowest BCUT2D eigenvalue weighted by Crippen LogP contribution is -2.51. The van der Waals surface area contributed by atoms with Crippen LogP contribution in [0.2, 0.25) is 0 Å². The zero-order chi connectivity index (χ0) is 48.7. The number of benzene rings is 3. The summed E-state index contributed by atoms with van der Waals surface area (Å²) in [6, 6.07) is 19.2. The predicted molar refractivity (Wildman–Crippen MR) is 261 cm³/mol. The average molecular weight is 946 g/mol. The van der Waals surface area contributed by atoms with E-state index in [0.29, 0.717) is 38.7 Å². The standard InChI is InChI=1S/C52H67N9O8/c1-8-52(27-68-28-52)29-69-35-17-15-34(16-18-35)61-40(32-13-19-36-38(25-32)55-46(53-36)42-11-9-23-59(42)48(62)44(30(2)3)57-50(64)67-7)21-22-41(61)33-14-20-37-39(26-33)56-47(54-37)43-12-10-24-60(43)49(63)45(31(4)5)58(6)51(65)66/h13-20,25-26,30-31,40-45H,8-12,21-24,27-29H2,1-7H3,(H,53,55)(H,54,56)(H,57,64)(H,65,66)/t40-,41-,42+,43+,44+,45+/m1/s1. The summed E-state index contributed by atoms with van der Waals surface area (Å²) in [5.74, 6) is 1.57. The van der Waals surface area contributed by atoms with Crippen LogP contribution in [0.1, 0.15) is 127 Å².